The van der Waals surface area contributed by atoms with Gasteiger partial charge in [0.05, 0.1) is 12.8 Å². The van der Waals surface area contributed by atoms with Crippen molar-refractivity contribution in [2.24, 2.45) is 0 Å². The van der Waals surface area contributed by atoms with Crippen LogP contribution >= 0.6 is 0 Å². The van der Waals surface area contributed by atoms with Gasteiger partial charge >= 0.3 is 0 Å². The van der Waals surface area contributed by atoms with Gasteiger partial charge in [-0.1, -0.05) is 31.2 Å². The Morgan fingerprint density at radius 1 is 1.14 bits per heavy atom. The van der Waals surface area contributed by atoms with E-state index in [1.807, 2.05) is 53.4 Å². The summed E-state index contributed by atoms with van der Waals surface area (Å²) < 4.78 is 5.31. The molecule has 1 aromatic heterocycles. The van der Waals surface area contributed by atoms with Gasteiger partial charge in [-0.05, 0) is 55.2 Å². The Balaban J connectivity index is 1.39. The summed E-state index contributed by atoms with van der Waals surface area (Å²) in [6.45, 7) is 3.66. The van der Waals surface area contributed by atoms with E-state index in [1.54, 1.807) is 7.11 Å². The molecule has 0 atom stereocenters. The van der Waals surface area contributed by atoms with Gasteiger partial charge in [-0.2, -0.15) is 5.10 Å². The molecule has 150 valence electrons. The number of piperidine rings is 1. The van der Waals surface area contributed by atoms with Crippen molar-refractivity contribution in [1.29, 1.82) is 0 Å². The van der Waals surface area contributed by atoms with E-state index in [2.05, 4.69) is 23.2 Å². The third kappa shape index (κ3) is 4.19. The molecular formula is C24H27N3O2. The fourth-order valence-corrected chi connectivity index (χ4v) is 3.94. The number of amides is 1. The Morgan fingerprint density at radius 3 is 2.59 bits per heavy atom. The van der Waals surface area contributed by atoms with Crippen molar-refractivity contribution in [2.75, 3.05) is 20.2 Å². The van der Waals surface area contributed by atoms with Gasteiger partial charge < -0.3 is 9.64 Å². The summed E-state index contributed by atoms with van der Waals surface area (Å²) in [6.07, 6.45) is 2.87. The van der Waals surface area contributed by atoms with Crippen LogP contribution in [0.2, 0.25) is 0 Å². The number of carbonyl (C=O) groups excluding carboxylic acids is 1. The largest absolute Gasteiger partial charge is 0.497 e. The second-order valence-electron chi connectivity index (χ2n) is 7.56. The number of aromatic nitrogens is 2. The normalized spacial score (nSPS) is 14.8. The highest BCUT2D eigenvalue weighted by atomic mass is 16.5. The van der Waals surface area contributed by atoms with Crippen LogP contribution in [0.15, 0.2) is 54.6 Å². The molecule has 1 saturated heterocycles. The number of nitrogens with one attached hydrogen (secondary N) is 1. The number of likely N-dealkylation sites (tertiary alicyclic amines) is 1. The molecule has 1 fully saturated rings. The summed E-state index contributed by atoms with van der Waals surface area (Å²) in [4.78, 5) is 14.8. The number of carbonyl (C=O) groups is 1. The zero-order valence-corrected chi connectivity index (χ0v) is 17.0. The molecule has 1 aliphatic heterocycles. The lowest BCUT2D eigenvalue weighted by molar-refractivity contribution is 0.0712. The molecule has 0 spiro atoms. The van der Waals surface area contributed by atoms with E-state index in [1.165, 1.54) is 5.56 Å². The van der Waals surface area contributed by atoms with Gasteiger partial charge in [0.2, 0.25) is 0 Å². The van der Waals surface area contributed by atoms with E-state index in [4.69, 9.17) is 4.74 Å². The SMILES string of the molecule is CCc1ccc(C(=O)N2CCC(c3cc(-c4cccc(OC)c4)n[nH]3)CC2)cc1. The molecule has 0 aliphatic carbocycles. The van der Waals surface area contributed by atoms with Crippen LogP contribution in [-0.4, -0.2) is 41.2 Å². The number of aryl methyl sites for hydroxylation is 1. The van der Waals surface area contributed by atoms with Crippen molar-refractivity contribution >= 4 is 5.91 Å². The molecule has 4 rings (SSSR count). The predicted molar refractivity (Wildman–Crippen MR) is 114 cm³/mol. The monoisotopic (exact) mass is 389 g/mol. The van der Waals surface area contributed by atoms with E-state index < -0.39 is 0 Å². The minimum Gasteiger partial charge on any atom is -0.497 e. The molecule has 5 nitrogen and oxygen atoms in total. The molecule has 5 heteroatoms. The van der Waals surface area contributed by atoms with Crippen molar-refractivity contribution in [3.63, 3.8) is 0 Å². The molecule has 2 heterocycles. The van der Waals surface area contributed by atoms with Gasteiger partial charge in [0, 0.05) is 35.8 Å². The van der Waals surface area contributed by atoms with Crippen LogP contribution in [0.1, 0.15) is 47.3 Å². The van der Waals surface area contributed by atoms with Crippen LogP contribution in [0.5, 0.6) is 5.75 Å². The minimum absolute atomic E-state index is 0.132. The van der Waals surface area contributed by atoms with Crippen LogP contribution in [-0.2, 0) is 6.42 Å². The molecule has 1 aliphatic rings. The van der Waals surface area contributed by atoms with Crippen molar-refractivity contribution in [2.45, 2.75) is 32.1 Å². The highest BCUT2D eigenvalue weighted by molar-refractivity contribution is 5.94. The zero-order chi connectivity index (χ0) is 20.2. The van der Waals surface area contributed by atoms with E-state index in [-0.39, 0.29) is 5.91 Å². The quantitative estimate of drug-likeness (QED) is 0.690. The fraction of sp³-hybridized carbons (Fsp3) is 0.333. The molecule has 0 saturated carbocycles. The highest BCUT2D eigenvalue weighted by Crippen LogP contribution is 2.30. The molecule has 0 bridgehead atoms. The summed E-state index contributed by atoms with van der Waals surface area (Å²) in [6, 6.07) is 18.0. The van der Waals surface area contributed by atoms with E-state index >= 15 is 0 Å². The Labute approximate surface area is 171 Å². The summed E-state index contributed by atoms with van der Waals surface area (Å²) in [5.74, 6) is 1.35. The van der Waals surface area contributed by atoms with Crippen LogP contribution in [0.3, 0.4) is 0 Å². The van der Waals surface area contributed by atoms with E-state index in [9.17, 15) is 4.79 Å². The first-order valence-corrected chi connectivity index (χ1v) is 10.3. The van der Waals surface area contributed by atoms with Crippen LogP contribution in [0.4, 0.5) is 0 Å². The first-order valence-electron chi connectivity index (χ1n) is 10.3. The molecule has 29 heavy (non-hydrogen) atoms. The first kappa shape index (κ1) is 19.2. The lowest BCUT2D eigenvalue weighted by Crippen LogP contribution is -2.38. The van der Waals surface area contributed by atoms with Crippen molar-refractivity contribution in [1.82, 2.24) is 15.1 Å². The summed E-state index contributed by atoms with van der Waals surface area (Å²) in [7, 11) is 1.67. The number of nitrogens with zero attached hydrogens (tertiary/aromatic N) is 2. The van der Waals surface area contributed by atoms with Crippen LogP contribution < -0.4 is 4.74 Å². The zero-order valence-electron chi connectivity index (χ0n) is 17.0. The van der Waals surface area contributed by atoms with Crippen molar-refractivity contribution < 1.29 is 9.53 Å². The van der Waals surface area contributed by atoms with Gasteiger partial charge in [0.1, 0.15) is 5.75 Å². The second kappa shape index (κ2) is 8.52. The number of H-pyrrole nitrogens is 1. The number of methoxy groups -OCH3 is 1. The van der Waals surface area contributed by atoms with Gasteiger partial charge in [0.15, 0.2) is 0 Å². The van der Waals surface area contributed by atoms with Crippen molar-refractivity contribution in [3.05, 3.63) is 71.4 Å². The van der Waals surface area contributed by atoms with Crippen molar-refractivity contribution in [3.8, 4) is 17.0 Å². The third-order valence-corrected chi connectivity index (χ3v) is 5.79. The smallest absolute Gasteiger partial charge is 0.253 e. The maximum absolute atomic E-state index is 12.8. The van der Waals surface area contributed by atoms with E-state index in [0.29, 0.717) is 5.92 Å². The number of ether oxygens (including phenoxy) is 1. The van der Waals surface area contributed by atoms with Crippen LogP contribution in [0.25, 0.3) is 11.3 Å². The number of aromatic amines is 1. The number of hydrogen-bond acceptors (Lipinski definition) is 3. The molecule has 1 N–H and O–H groups in total. The van der Waals surface area contributed by atoms with E-state index in [0.717, 1.165) is 60.6 Å². The summed E-state index contributed by atoms with van der Waals surface area (Å²) >= 11 is 0. The Morgan fingerprint density at radius 2 is 1.90 bits per heavy atom. The number of rotatable bonds is 5. The molecule has 0 unspecified atom stereocenters. The minimum atomic E-state index is 0.132. The summed E-state index contributed by atoms with van der Waals surface area (Å²) in [5, 5.41) is 7.70. The average molecular weight is 389 g/mol. The van der Waals surface area contributed by atoms with Gasteiger partial charge in [-0.25, -0.2) is 0 Å². The molecule has 2 aromatic carbocycles. The topological polar surface area (TPSA) is 58.2 Å². The summed E-state index contributed by atoms with van der Waals surface area (Å²) in [5.41, 5.74) is 5.14. The Bertz CT molecular complexity index is 970. The molecule has 1 amide bonds. The fourth-order valence-electron chi connectivity index (χ4n) is 3.94. The third-order valence-electron chi connectivity index (χ3n) is 5.79. The lowest BCUT2D eigenvalue weighted by Gasteiger charge is -2.31. The lowest BCUT2D eigenvalue weighted by atomic mass is 9.92. The second-order valence-corrected chi connectivity index (χ2v) is 7.56. The van der Waals surface area contributed by atoms with Gasteiger partial charge in [-0.3, -0.25) is 9.89 Å². The standard InChI is InChI=1S/C24H27N3O2/c1-3-17-7-9-19(10-8-17)24(28)27-13-11-18(12-14-27)22-16-23(26-25-22)20-5-4-6-21(15-20)29-2/h4-10,15-16,18H,3,11-14H2,1-2H3,(H,25,26). The maximum atomic E-state index is 12.8. The number of hydrogen-bond donors (Lipinski definition) is 1. The number of benzene rings is 2. The molecule has 0 radical (unpaired) electrons. The van der Waals surface area contributed by atoms with Crippen LogP contribution in [0, 0.1) is 0 Å². The Kier molecular flexibility index (Phi) is 5.65. The average Bonchev–Trinajstić information content (AvgIpc) is 3.29. The predicted octanol–water partition coefficient (Wildman–Crippen LogP) is 4.67. The molecule has 3 aromatic rings. The van der Waals surface area contributed by atoms with Gasteiger partial charge in [-0.15, -0.1) is 0 Å². The first-order chi connectivity index (χ1) is 14.2. The van der Waals surface area contributed by atoms with Gasteiger partial charge in [0.25, 0.3) is 5.91 Å². The highest BCUT2D eigenvalue weighted by Gasteiger charge is 2.25. The maximum Gasteiger partial charge on any atom is 0.253 e. The Hall–Kier alpha value is -3.08. The molecular weight excluding hydrogens is 362 g/mol.